The zero-order chi connectivity index (χ0) is 27.4. The first-order valence-electron chi connectivity index (χ1n) is 12.3. The van der Waals surface area contributed by atoms with E-state index < -0.39 is 6.04 Å². The van der Waals surface area contributed by atoms with Crippen molar-refractivity contribution in [1.82, 2.24) is 19.9 Å². The standard InChI is InChI=1S/C29H27ClN6O2S/c1-34(2)23-15-13-22(14-16-23)31-29(38)28(26-8-5-17-39-26)35(18-20-9-11-21(30)12-10-20)27(37)19-36-25-7-4-3-6-24(25)32-33-36/h3-17,28H,18-19H2,1-2H3,(H,31,38)/t28-/m0/s1. The molecule has 2 amide bonds. The van der Waals surface area contributed by atoms with Crippen molar-refractivity contribution in [3.63, 3.8) is 0 Å². The average Bonchev–Trinajstić information content (AvgIpc) is 3.60. The summed E-state index contributed by atoms with van der Waals surface area (Å²) in [5.74, 6) is -0.571. The lowest BCUT2D eigenvalue weighted by atomic mass is 10.1. The van der Waals surface area contributed by atoms with E-state index >= 15 is 0 Å². The van der Waals surface area contributed by atoms with Crippen molar-refractivity contribution in [2.24, 2.45) is 0 Å². The number of halogens is 1. The molecule has 8 nitrogen and oxygen atoms in total. The summed E-state index contributed by atoms with van der Waals surface area (Å²) in [6, 6.07) is 25.2. The molecule has 0 fully saturated rings. The number of hydrogen-bond acceptors (Lipinski definition) is 6. The molecule has 39 heavy (non-hydrogen) atoms. The molecule has 1 N–H and O–H groups in total. The Morgan fingerprint density at radius 1 is 0.974 bits per heavy atom. The molecule has 3 aromatic carbocycles. The van der Waals surface area contributed by atoms with Crippen LogP contribution < -0.4 is 10.2 Å². The van der Waals surface area contributed by atoms with E-state index in [0.29, 0.717) is 16.2 Å². The number of nitrogens with zero attached hydrogens (tertiary/aromatic N) is 5. The highest BCUT2D eigenvalue weighted by Crippen LogP contribution is 2.30. The minimum Gasteiger partial charge on any atom is -0.378 e. The van der Waals surface area contributed by atoms with Crippen molar-refractivity contribution in [2.75, 3.05) is 24.3 Å². The van der Waals surface area contributed by atoms with Gasteiger partial charge in [-0.15, -0.1) is 16.4 Å². The highest BCUT2D eigenvalue weighted by molar-refractivity contribution is 7.10. The summed E-state index contributed by atoms with van der Waals surface area (Å²) in [7, 11) is 3.91. The van der Waals surface area contributed by atoms with Gasteiger partial charge in [-0.25, -0.2) is 4.68 Å². The molecule has 5 rings (SSSR count). The normalized spacial score (nSPS) is 11.8. The lowest BCUT2D eigenvalue weighted by Gasteiger charge is -2.31. The molecule has 0 saturated carbocycles. The van der Waals surface area contributed by atoms with Crippen LogP contribution in [0, 0.1) is 0 Å². The van der Waals surface area contributed by atoms with Crippen LogP contribution in [0.5, 0.6) is 0 Å². The molecule has 0 aliphatic rings. The maximum atomic E-state index is 14.0. The molecule has 0 aliphatic heterocycles. The molecule has 2 aromatic heterocycles. The van der Waals surface area contributed by atoms with Crippen molar-refractivity contribution in [3.05, 3.63) is 106 Å². The van der Waals surface area contributed by atoms with Crippen molar-refractivity contribution >= 4 is 57.2 Å². The number of nitrogens with one attached hydrogen (secondary N) is 1. The lowest BCUT2D eigenvalue weighted by molar-refractivity contribution is -0.140. The number of hydrogen-bond donors (Lipinski definition) is 1. The Kier molecular flexibility index (Phi) is 7.90. The second kappa shape index (κ2) is 11.7. The number of anilines is 2. The second-order valence-corrected chi connectivity index (χ2v) is 10.6. The fourth-order valence-corrected chi connectivity index (χ4v) is 5.25. The third-order valence-corrected chi connectivity index (χ3v) is 7.49. The van der Waals surface area contributed by atoms with Crippen LogP contribution in [0.25, 0.3) is 11.0 Å². The molecule has 0 saturated heterocycles. The fraction of sp³-hybridized carbons (Fsp3) is 0.172. The Bertz CT molecular complexity index is 1570. The van der Waals surface area contributed by atoms with E-state index in [1.165, 1.54) is 11.3 Å². The van der Waals surface area contributed by atoms with Crippen LogP contribution in [-0.2, 0) is 22.7 Å². The number of carbonyl (C=O) groups excluding carboxylic acids is 2. The SMILES string of the molecule is CN(C)c1ccc(NC(=O)[C@H](c2cccs2)N(Cc2ccc(Cl)cc2)C(=O)Cn2nnc3ccccc32)cc1. The van der Waals surface area contributed by atoms with Gasteiger partial charge in [-0.2, -0.15) is 0 Å². The van der Waals surface area contributed by atoms with Crippen LogP contribution in [0.1, 0.15) is 16.5 Å². The number of thiophene rings is 1. The van der Waals surface area contributed by atoms with E-state index in [9.17, 15) is 9.59 Å². The van der Waals surface area contributed by atoms with Gasteiger partial charge >= 0.3 is 0 Å². The first-order chi connectivity index (χ1) is 18.9. The van der Waals surface area contributed by atoms with Gasteiger partial charge in [-0.05, 0) is 65.5 Å². The molecular formula is C29H27ClN6O2S. The first-order valence-corrected chi connectivity index (χ1v) is 13.6. The summed E-state index contributed by atoms with van der Waals surface area (Å²) in [4.78, 5) is 32.2. The zero-order valence-corrected chi connectivity index (χ0v) is 23.1. The smallest absolute Gasteiger partial charge is 0.252 e. The number of aromatic nitrogens is 3. The van der Waals surface area contributed by atoms with E-state index in [0.717, 1.165) is 21.6 Å². The van der Waals surface area contributed by atoms with Gasteiger partial charge in [-0.3, -0.25) is 9.59 Å². The summed E-state index contributed by atoms with van der Waals surface area (Å²) < 4.78 is 1.57. The maximum Gasteiger partial charge on any atom is 0.252 e. The molecule has 0 unspecified atom stereocenters. The Labute approximate surface area is 235 Å². The summed E-state index contributed by atoms with van der Waals surface area (Å²) >= 11 is 7.54. The number of amides is 2. The maximum absolute atomic E-state index is 14.0. The van der Waals surface area contributed by atoms with Crippen molar-refractivity contribution in [3.8, 4) is 0 Å². The minimum atomic E-state index is -0.864. The number of benzene rings is 3. The van der Waals surface area contributed by atoms with Gasteiger partial charge in [-0.1, -0.05) is 47.1 Å². The molecule has 0 radical (unpaired) electrons. The van der Waals surface area contributed by atoms with Crippen molar-refractivity contribution < 1.29 is 9.59 Å². The zero-order valence-electron chi connectivity index (χ0n) is 21.5. The molecule has 0 aliphatic carbocycles. The van der Waals surface area contributed by atoms with E-state index in [2.05, 4.69) is 15.6 Å². The van der Waals surface area contributed by atoms with Gasteiger partial charge in [0.2, 0.25) is 5.91 Å². The van der Waals surface area contributed by atoms with Gasteiger partial charge in [0.1, 0.15) is 18.1 Å². The predicted molar refractivity (Wildman–Crippen MR) is 156 cm³/mol. The monoisotopic (exact) mass is 558 g/mol. The van der Waals surface area contributed by atoms with Gasteiger partial charge in [0, 0.05) is 41.9 Å². The molecule has 1 atom stereocenters. The third-order valence-electron chi connectivity index (χ3n) is 6.32. The van der Waals surface area contributed by atoms with Crippen LogP contribution >= 0.6 is 22.9 Å². The number of para-hydroxylation sites is 1. The summed E-state index contributed by atoms with van der Waals surface area (Å²) in [5.41, 5.74) is 3.95. The van der Waals surface area contributed by atoms with Crippen LogP contribution in [0.2, 0.25) is 5.02 Å². The topological polar surface area (TPSA) is 83.4 Å². The summed E-state index contributed by atoms with van der Waals surface area (Å²) in [6.07, 6.45) is 0. The van der Waals surface area contributed by atoms with Crippen LogP contribution in [0.15, 0.2) is 90.3 Å². The first kappa shape index (κ1) is 26.4. The van der Waals surface area contributed by atoms with E-state index in [-0.39, 0.29) is 24.9 Å². The highest BCUT2D eigenvalue weighted by Gasteiger charge is 2.33. The van der Waals surface area contributed by atoms with E-state index in [4.69, 9.17) is 11.6 Å². The second-order valence-electron chi connectivity index (χ2n) is 9.23. The van der Waals surface area contributed by atoms with Crippen molar-refractivity contribution in [1.29, 1.82) is 0 Å². The largest absolute Gasteiger partial charge is 0.378 e. The van der Waals surface area contributed by atoms with Gasteiger partial charge in [0.15, 0.2) is 0 Å². The number of fused-ring (bicyclic) bond motifs is 1. The van der Waals surface area contributed by atoms with Gasteiger partial charge in [0.25, 0.3) is 5.91 Å². The van der Waals surface area contributed by atoms with Gasteiger partial charge < -0.3 is 15.1 Å². The van der Waals surface area contributed by atoms with Crippen molar-refractivity contribution in [2.45, 2.75) is 19.1 Å². The molecule has 2 heterocycles. The summed E-state index contributed by atoms with van der Waals surface area (Å²) in [6.45, 7) is 0.138. The van der Waals surface area contributed by atoms with Crippen LogP contribution in [0.3, 0.4) is 0 Å². The molecule has 10 heteroatoms. The molecule has 198 valence electrons. The fourth-order valence-electron chi connectivity index (χ4n) is 4.29. The number of carbonyl (C=O) groups is 2. The van der Waals surface area contributed by atoms with Crippen LogP contribution in [-0.4, -0.2) is 45.8 Å². The van der Waals surface area contributed by atoms with Gasteiger partial charge in [0.05, 0.1) is 5.52 Å². The molecule has 0 bridgehead atoms. The quantitative estimate of drug-likeness (QED) is 0.254. The highest BCUT2D eigenvalue weighted by atomic mass is 35.5. The Morgan fingerprint density at radius 3 is 2.41 bits per heavy atom. The Balaban J connectivity index is 1.49. The van der Waals surface area contributed by atoms with E-state index in [1.807, 2.05) is 97.2 Å². The third kappa shape index (κ3) is 6.10. The Morgan fingerprint density at radius 2 is 1.72 bits per heavy atom. The molecular weight excluding hydrogens is 532 g/mol. The van der Waals surface area contributed by atoms with Crippen LogP contribution in [0.4, 0.5) is 11.4 Å². The van der Waals surface area contributed by atoms with E-state index in [1.54, 1.807) is 21.7 Å². The minimum absolute atomic E-state index is 0.0687. The summed E-state index contributed by atoms with van der Waals surface area (Å²) in [5, 5.41) is 13.9. The lowest BCUT2D eigenvalue weighted by Crippen LogP contribution is -2.42. The Hall–Kier alpha value is -4.21. The number of rotatable bonds is 9. The predicted octanol–water partition coefficient (Wildman–Crippen LogP) is 5.62. The molecule has 0 spiro atoms. The molecule has 5 aromatic rings. The average molecular weight is 559 g/mol.